The molecule has 1 N–H and O–H groups in total. The lowest BCUT2D eigenvalue weighted by molar-refractivity contribution is 0.609. The van der Waals surface area contributed by atoms with Crippen LogP contribution >= 0.6 is 0 Å². The molecule has 6 nitrogen and oxygen atoms in total. The number of nitrogens with one attached hydrogen (secondary N) is 1. The molecule has 0 bridgehead atoms. The van der Waals surface area contributed by atoms with Crippen LogP contribution in [0.5, 0.6) is 0 Å². The fourth-order valence-corrected chi connectivity index (χ4v) is 3.22. The molecule has 1 aromatic carbocycles. The molecule has 0 aliphatic rings. The molecule has 3 aromatic rings. The van der Waals surface area contributed by atoms with Crippen molar-refractivity contribution in [2.75, 3.05) is 4.72 Å². The summed E-state index contributed by atoms with van der Waals surface area (Å²) in [5.74, 6) is 0.633. The normalized spacial score (nSPS) is 11.8. The Balaban J connectivity index is 1.74. The second-order valence-electron chi connectivity index (χ2n) is 5.60. The number of aryl methyl sites for hydroxylation is 2. The Bertz CT molecular complexity index is 991. The number of aromatic nitrogens is 3. The van der Waals surface area contributed by atoms with E-state index >= 15 is 0 Å². The van der Waals surface area contributed by atoms with Crippen LogP contribution in [-0.2, 0) is 10.0 Å². The van der Waals surface area contributed by atoms with Crippen LogP contribution in [0.25, 0.3) is 11.9 Å². The highest BCUT2D eigenvalue weighted by Crippen LogP contribution is 2.14. The average molecular weight is 354 g/mol. The SMILES string of the molecule is Cc1cc(C)n(-c2ccc(NS(=O)(=O)/C=C/c3ccccc3)cn2)n1. The third-order valence-corrected chi connectivity index (χ3v) is 4.49. The van der Waals surface area contributed by atoms with Crippen molar-refractivity contribution in [1.29, 1.82) is 0 Å². The van der Waals surface area contributed by atoms with Crippen molar-refractivity contribution in [3.8, 4) is 5.82 Å². The molecule has 0 saturated heterocycles. The molecule has 0 aliphatic carbocycles. The van der Waals surface area contributed by atoms with Crippen molar-refractivity contribution in [2.24, 2.45) is 0 Å². The first-order valence-corrected chi connectivity index (χ1v) is 9.23. The summed E-state index contributed by atoms with van der Waals surface area (Å²) in [7, 11) is -3.61. The van der Waals surface area contributed by atoms with Crippen LogP contribution in [0, 0.1) is 13.8 Å². The second kappa shape index (κ2) is 6.90. The van der Waals surface area contributed by atoms with E-state index in [9.17, 15) is 8.42 Å². The molecule has 2 heterocycles. The summed E-state index contributed by atoms with van der Waals surface area (Å²) in [6.07, 6.45) is 3.01. The average Bonchev–Trinajstić information content (AvgIpc) is 2.93. The van der Waals surface area contributed by atoms with Gasteiger partial charge < -0.3 is 0 Å². The number of hydrogen-bond donors (Lipinski definition) is 1. The van der Waals surface area contributed by atoms with E-state index in [2.05, 4.69) is 14.8 Å². The minimum absolute atomic E-state index is 0.392. The van der Waals surface area contributed by atoms with Gasteiger partial charge in [-0.2, -0.15) is 5.10 Å². The topological polar surface area (TPSA) is 76.9 Å². The van der Waals surface area contributed by atoms with Crippen molar-refractivity contribution in [1.82, 2.24) is 14.8 Å². The van der Waals surface area contributed by atoms with Crippen LogP contribution in [0.2, 0.25) is 0 Å². The number of sulfonamides is 1. The Morgan fingerprint density at radius 3 is 2.44 bits per heavy atom. The Kier molecular flexibility index (Phi) is 4.67. The van der Waals surface area contributed by atoms with Crippen molar-refractivity contribution < 1.29 is 8.42 Å². The highest BCUT2D eigenvalue weighted by molar-refractivity contribution is 7.95. The molecule has 2 aromatic heterocycles. The minimum atomic E-state index is -3.61. The lowest BCUT2D eigenvalue weighted by Crippen LogP contribution is -2.09. The second-order valence-corrected chi connectivity index (χ2v) is 7.17. The van der Waals surface area contributed by atoms with Gasteiger partial charge in [0.2, 0.25) is 0 Å². The van der Waals surface area contributed by atoms with E-state index in [4.69, 9.17) is 0 Å². The first-order chi connectivity index (χ1) is 11.9. The standard InChI is InChI=1S/C18H18N4O2S/c1-14-12-15(2)22(20-14)18-9-8-17(13-19-18)21-25(23,24)11-10-16-6-4-3-5-7-16/h3-13,21H,1-2H3/b11-10+. The van der Waals surface area contributed by atoms with Crippen molar-refractivity contribution >= 4 is 21.8 Å². The first kappa shape index (κ1) is 16.9. The summed E-state index contributed by atoms with van der Waals surface area (Å²) >= 11 is 0. The Labute approximate surface area is 146 Å². The number of nitrogens with zero attached hydrogens (tertiary/aromatic N) is 3. The largest absolute Gasteiger partial charge is 0.279 e. The van der Waals surface area contributed by atoms with Gasteiger partial charge in [0.05, 0.1) is 23.0 Å². The molecule has 128 valence electrons. The quantitative estimate of drug-likeness (QED) is 0.763. The summed E-state index contributed by atoms with van der Waals surface area (Å²) < 4.78 is 28.5. The lowest BCUT2D eigenvalue weighted by Gasteiger charge is -2.06. The van der Waals surface area contributed by atoms with Crippen LogP contribution < -0.4 is 4.72 Å². The number of hydrogen-bond acceptors (Lipinski definition) is 4. The maximum Gasteiger partial charge on any atom is 0.255 e. The summed E-state index contributed by atoms with van der Waals surface area (Å²) in [6, 6.07) is 14.6. The smallest absolute Gasteiger partial charge is 0.255 e. The Morgan fingerprint density at radius 1 is 1.08 bits per heavy atom. The molecule has 0 spiro atoms. The number of rotatable bonds is 5. The van der Waals surface area contributed by atoms with Crippen LogP contribution in [0.3, 0.4) is 0 Å². The van der Waals surface area contributed by atoms with E-state index in [1.54, 1.807) is 22.9 Å². The van der Waals surface area contributed by atoms with E-state index in [1.165, 1.54) is 6.20 Å². The molecule has 7 heteroatoms. The van der Waals surface area contributed by atoms with Crippen molar-refractivity contribution in [3.05, 3.63) is 77.1 Å². The summed E-state index contributed by atoms with van der Waals surface area (Å²) in [4.78, 5) is 4.27. The van der Waals surface area contributed by atoms with Crippen LogP contribution in [0.4, 0.5) is 5.69 Å². The first-order valence-electron chi connectivity index (χ1n) is 7.69. The molecule has 0 amide bonds. The third kappa shape index (κ3) is 4.33. The number of pyridine rings is 1. The van der Waals surface area contributed by atoms with Crippen molar-refractivity contribution in [3.63, 3.8) is 0 Å². The summed E-state index contributed by atoms with van der Waals surface area (Å²) in [5.41, 5.74) is 3.06. The minimum Gasteiger partial charge on any atom is -0.279 e. The van der Waals surface area contributed by atoms with Gasteiger partial charge in [0.15, 0.2) is 5.82 Å². The molecule has 0 saturated carbocycles. The maximum absolute atomic E-state index is 12.1. The zero-order valence-corrected chi connectivity index (χ0v) is 14.7. The number of anilines is 1. The molecule has 0 aliphatic heterocycles. The fraction of sp³-hybridized carbons (Fsp3) is 0.111. The van der Waals surface area contributed by atoms with Gasteiger partial charge in [-0.15, -0.1) is 0 Å². The summed E-state index contributed by atoms with van der Waals surface area (Å²) in [5, 5.41) is 5.49. The molecular weight excluding hydrogens is 336 g/mol. The molecule has 0 fully saturated rings. The zero-order valence-electron chi connectivity index (χ0n) is 13.9. The van der Waals surface area contributed by atoms with Gasteiger partial charge in [-0.25, -0.2) is 18.1 Å². The number of benzene rings is 1. The predicted octanol–water partition coefficient (Wildman–Crippen LogP) is 3.30. The molecule has 25 heavy (non-hydrogen) atoms. The van der Waals surface area contributed by atoms with Gasteiger partial charge in [0, 0.05) is 5.69 Å². The molecule has 0 atom stereocenters. The van der Waals surface area contributed by atoms with E-state index < -0.39 is 10.0 Å². The molecule has 0 radical (unpaired) electrons. The van der Waals surface area contributed by atoms with Gasteiger partial charge >= 0.3 is 0 Å². The van der Waals surface area contributed by atoms with Crippen LogP contribution in [-0.4, -0.2) is 23.2 Å². The fourth-order valence-electron chi connectivity index (χ4n) is 2.36. The van der Waals surface area contributed by atoms with E-state index in [0.29, 0.717) is 11.5 Å². The van der Waals surface area contributed by atoms with Gasteiger partial charge in [-0.1, -0.05) is 30.3 Å². The van der Waals surface area contributed by atoms with E-state index in [0.717, 1.165) is 22.4 Å². The van der Waals surface area contributed by atoms with Gasteiger partial charge in [0.1, 0.15) is 0 Å². The maximum atomic E-state index is 12.1. The van der Waals surface area contributed by atoms with Gasteiger partial charge in [-0.3, -0.25) is 4.72 Å². The van der Waals surface area contributed by atoms with E-state index in [-0.39, 0.29) is 0 Å². The van der Waals surface area contributed by atoms with E-state index in [1.807, 2.05) is 50.2 Å². The predicted molar refractivity (Wildman–Crippen MR) is 98.9 cm³/mol. The monoisotopic (exact) mass is 354 g/mol. The highest BCUT2D eigenvalue weighted by Gasteiger charge is 2.08. The van der Waals surface area contributed by atoms with Crippen molar-refractivity contribution in [2.45, 2.75) is 13.8 Å². The Hall–Kier alpha value is -2.93. The summed E-state index contributed by atoms with van der Waals surface area (Å²) in [6.45, 7) is 3.84. The zero-order chi connectivity index (χ0) is 17.9. The Morgan fingerprint density at radius 2 is 1.84 bits per heavy atom. The lowest BCUT2D eigenvalue weighted by atomic mass is 10.2. The van der Waals surface area contributed by atoms with Gasteiger partial charge in [-0.05, 0) is 43.7 Å². The molecular formula is C18H18N4O2S. The van der Waals surface area contributed by atoms with Crippen LogP contribution in [0.15, 0.2) is 60.1 Å². The molecule has 3 rings (SSSR count). The van der Waals surface area contributed by atoms with Crippen LogP contribution in [0.1, 0.15) is 17.0 Å². The molecule has 0 unspecified atom stereocenters. The third-order valence-electron chi connectivity index (χ3n) is 3.47. The van der Waals surface area contributed by atoms with Gasteiger partial charge in [0.25, 0.3) is 10.0 Å². The highest BCUT2D eigenvalue weighted by atomic mass is 32.2.